The van der Waals surface area contributed by atoms with Crippen LogP contribution in [0.4, 0.5) is 0 Å². The highest BCUT2D eigenvalue weighted by Gasteiger charge is 2.04. The summed E-state index contributed by atoms with van der Waals surface area (Å²) in [5, 5.41) is 11.8. The van der Waals surface area contributed by atoms with E-state index in [4.69, 9.17) is 4.74 Å². The van der Waals surface area contributed by atoms with Crippen LogP contribution in [-0.4, -0.2) is 11.7 Å². The Balaban J connectivity index is 1.77. The van der Waals surface area contributed by atoms with E-state index < -0.39 is 0 Å². The third kappa shape index (κ3) is 2.75. The number of hydrogen-bond donors (Lipinski definition) is 1. The minimum absolute atomic E-state index is 0.235. The minimum atomic E-state index is 0.235. The van der Waals surface area contributed by atoms with Crippen molar-refractivity contribution < 1.29 is 9.84 Å². The molecule has 0 radical (unpaired) electrons. The van der Waals surface area contributed by atoms with Gasteiger partial charge in [0.1, 0.15) is 11.5 Å². The Kier molecular flexibility index (Phi) is 3.55. The topological polar surface area (TPSA) is 29.5 Å². The van der Waals surface area contributed by atoms with Gasteiger partial charge in [-0.15, -0.1) is 0 Å². The molecule has 0 bridgehead atoms. The normalized spacial score (nSPS) is 10.6. The fourth-order valence-electron chi connectivity index (χ4n) is 2.30. The van der Waals surface area contributed by atoms with Gasteiger partial charge in [0.2, 0.25) is 0 Å². The second-order valence-corrected chi connectivity index (χ2v) is 4.75. The highest BCUT2D eigenvalue weighted by Crippen LogP contribution is 2.30. The number of ether oxygens (including phenoxy) is 1. The van der Waals surface area contributed by atoms with Crippen molar-refractivity contribution in [2.45, 2.75) is 6.42 Å². The Bertz CT molecular complexity index is 705. The van der Waals surface area contributed by atoms with Crippen molar-refractivity contribution in [2.75, 3.05) is 6.61 Å². The molecule has 2 heteroatoms. The molecule has 20 heavy (non-hydrogen) atoms. The molecule has 0 aliphatic carbocycles. The summed E-state index contributed by atoms with van der Waals surface area (Å²) >= 11 is 0. The number of hydrogen-bond acceptors (Lipinski definition) is 2. The molecule has 3 aromatic rings. The van der Waals surface area contributed by atoms with Gasteiger partial charge in [-0.25, -0.2) is 0 Å². The maximum Gasteiger partial charge on any atom is 0.130 e. The first-order chi connectivity index (χ1) is 9.83. The molecule has 3 rings (SSSR count). The molecular weight excluding hydrogens is 248 g/mol. The molecule has 0 saturated carbocycles. The van der Waals surface area contributed by atoms with Crippen molar-refractivity contribution in [2.24, 2.45) is 0 Å². The molecule has 0 amide bonds. The second-order valence-electron chi connectivity index (χ2n) is 4.75. The quantitative estimate of drug-likeness (QED) is 0.766. The van der Waals surface area contributed by atoms with E-state index in [9.17, 15) is 5.11 Å². The number of fused-ring (bicyclic) bond motifs is 1. The van der Waals surface area contributed by atoms with Crippen LogP contribution in [0.1, 0.15) is 5.56 Å². The molecule has 0 spiro atoms. The van der Waals surface area contributed by atoms with Crippen molar-refractivity contribution in [1.82, 2.24) is 0 Å². The summed E-state index contributed by atoms with van der Waals surface area (Å²) in [6.45, 7) is 0.595. The third-order valence-corrected chi connectivity index (χ3v) is 3.30. The van der Waals surface area contributed by atoms with Gasteiger partial charge >= 0.3 is 0 Å². The van der Waals surface area contributed by atoms with Crippen LogP contribution in [0, 0.1) is 0 Å². The van der Waals surface area contributed by atoms with E-state index in [0.717, 1.165) is 22.9 Å². The van der Waals surface area contributed by atoms with Crippen molar-refractivity contribution in [3.8, 4) is 11.5 Å². The van der Waals surface area contributed by atoms with Crippen molar-refractivity contribution in [3.63, 3.8) is 0 Å². The standard InChI is InChI=1S/C18H16O2/c19-16-12-15-8-4-5-9-17(15)18(13-16)20-11-10-14-6-2-1-3-7-14/h1-9,12-13,19H,10-11H2. The molecule has 0 heterocycles. The van der Waals surface area contributed by atoms with Crippen LogP contribution in [0.2, 0.25) is 0 Å². The zero-order valence-corrected chi connectivity index (χ0v) is 11.1. The van der Waals surface area contributed by atoms with E-state index in [1.165, 1.54) is 5.56 Å². The molecule has 3 aromatic carbocycles. The highest BCUT2D eigenvalue weighted by atomic mass is 16.5. The van der Waals surface area contributed by atoms with Gasteiger partial charge in [-0.3, -0.25) is 0 Å². The largest absolute Gasteiger partial charge is 0.508 e. The van der Waals surface area contributed by atoms with Gasteiger partial charge in [0.05, 0.1) is 6.61 Å². The Morgan fingerprint density at radius 3 is 2.45 bits per heavy atom. The lowest BCUT2D eigenvalue weighted by Crippen LogP contribution is -2.01. The number of aromatic hydroxyl groups is 1. The summed E-state index contributed by atoms with van der Waals surface area (Å²) in [5.41, 5.74) is 1.25. The Hall–Kier alpha value is -2.48. The number of phenolic OH excluding ortho intramolecular Hbond substituents is 1. The van der Waals surface area contributed by atoms with Crippen LogP contribution in [0.5, 0.6) is 11.5 Å². The highest BCUT2D eigenvalue weighted by molar-refractivity contribution is 5.89. The molecule has 100 valence electrons. The molecular formula is C18H16O2. The van der Waals surface area contributed by atoms with Gasteiger partial charge in [-0.2, -0.15) is 0 Å². The molecule has 1 N–H and O–H groups in total. The van der Waals surface area contributed by atoms with Gasteiger partial charge in [0.15, 0.2) is 0 Å². The predicted molar refractivity (Wildman–Crippen MR) is 81.3 cm³/mol. The number of phenols is 1. The number of rotatable bonds is 4. The van der Waals surface area contributed by atoms with E-state index in [2.05, 4.69) is 12.1 Å². The lowest BCUT2D eigenvalue weighted by molar-refractivity contribution is 0.324. The van der Waals surface area contributed by atoms with E-state index in [1.807, 2.05) is 42.5 Å². The summed E-state index contributed by atoms with van der Waals surface area (Å²) in [5.74, 6) is 0.968. The van der Waals surface area contributed by atoms with Crippen LogP contribution in [0.25, 0.3) is 10.8 Å². The lowest BCUT2D eigenvalue weighted by atomic mass is 10.1. The van der Waals surface area contributed by atoms with E-state index in [-0.39, 0.29) is 5.75 Å². The molecule has 0 atom stereocenters. The maximum atomic E-state index is 9.75. The van der Waals surface area contributed by atoms with Crippen molar-refractivity contribution in [3.05, 3.63) is 72.3 Å². The van der Waals surface area contributed by atoms with Gasteiger partial charge in [-0.1, -0.05) is 54.6 Å². The van der Waals surface area contributed by atoms with Gasteiger partial charge in [0.25, 0.3) is 0 Å². The molecule has 0 aliphatic rings. The average molecular weight is 264 g/mol. The molecule has 2 nitrogen and oxygen atoms in total. The Labute approximate surface area is 118 Å². The van der Waals surface area contributed by atoms with Crippen molar-refractivity contribution >= 4 is 10.8 Å². The van der Waals surface area contributed by atoms with E-state index in [0.29, 0.717) is 6.61 Å². The van der Waals surface area contributed by atoms with Crippen LogP contribution in [0.15, 0.2) is 66.7 Å². The van der Waals surface area contributed by atoms with Gasteiger partial charge in [-0.05, 0) is 17.0 Å². The summed E-state index contributed by atoms with van der Waals surface area (Å²) in [4.78, 5) is 0. The van der Waals surface area contributed by atoms with Crippen LogP contribution < -0.4 is 4.74 Å². The molecule has 0 aromatic heterocycles. The summed E-state index contributed by atoms with van der Waals surface area (Å²) in [6, 6.07) is 21.6. The van der Waals surface area contributed by atoms with Crippen LogP contribution >= 0.6 is 0 Å². The first kappa shape index (κ1) is 12.5. The van der Waals surface area contributed by atoms with Gasteiger partial charge < -0.3 is 9.84 Å². The molecule has 0 saturated heterocycles. The second kappa shape index (κ2) is 5.66. The number of benzene rings is 3. The summed E-state index contributed by atoms with van der Waals surface area (Å²) < 4.78 is 5.84. The third-order valence-electron chi connectivity index (χ3n) is 3.30. The maximum absolute atomic E-state index is 9.75. The molecule has 0 unspecified atom stereocenters. The van der Waals surface area contributed by atoms with E-state index in [1.54, 1.807) is 12.1 Å². The summed E-state index contributed by atoms with van der Waals surface area (Å²) in [7, 11) is 0. The SMILES string of the molecule is Oc1cc(OCCc2ccccc2)c2ccccc2c1. The Morgan fingerprint density at radius 2 is 1.60 bits per heavy atom. The predicted octanol–water partition coefficient (Wildman–Crippen LogP) is 4.17. The monoisotopic (exact) mass is 264 g/mol. The van der Waals surface area contributed by atoms with E-state index >= 15 is 0 Å². The summed E-state index contributed by atoms with van der Waals surface area (Å²) in [6.07, 6.45) is 0.852. The molecule has 0 aliphatic heterocycles. The smallest absolute Gasteiger partial charge is 0.130 e. The zero-order chi connectivity index (χ0) is 13.8. The molecule has 0 fully saturated rings. The van der Waals surface area contributed by atoms with Crippen LogP contribution in [-0.2, 0) is 6.42 Å². The zero-order valence-electron chi connectivity index (χ0n) is 11.1. The fourth-order valence-corrected chi connectivity index (χ4v) is 2.30. The van der Waals surface area contributed by atoms with Crippen LogP contribution in [0.3, 0.4) is 0 Å². The van der Waals surface area contributed by atoms with Crippen molar-refractivity contribution in [1.29, 1.82) is 0 Å². The fraction of sp³-hybridized carbons (Fsp3) is 0.111. The average Bonchev–Trinajstić information content (AvgIpc) is 2.48. The first-order valence-corrected chi connectivity index (χ1v) is 6.71. The lowest BCUT2D eigenvalue weighted by Gasteiger charge is -2.10. The first-order valence-electron chi connectivity index (χ1n) is 6.71. The Morgan fingerprint density at radius 1 is 0.850 bits per heavy atom. The van der Waals surface area contributed by atoms with Gasteiger partial charge in [0, 0.05) is 17.9 Å². The minimum Gasteiger partial charge on any atom is -0.508 e.